The van der Waals surface area contributed by atoms with E-state index in [0.29, 0.717) is 19.7 Å². The number of ether oxygens (including phenoxy) is 1. The minimum atomic E-state index is -1.03. The van der Waals surface area contributed by atoms with E-state index in [1.54, 1.807) is 18.0 Å². The van der Waals surface area contributed by atoms with Crippen molar-refractivity contribution in [2.75, 3.05) is 33.4 Å². The fourth-order valence-corrected chi connectivity index (χ4v) is 1.82. The molecule has 6 nitrogen and oxygen atoms in total. The Hall–Kier alpha value is -1.56. The summed E-state index contributed by atoms with van der Waals surface area (Å²) < 4.78 is 5.10. The van der Waals surface area contributed by atoms with Gasteiger partial charge in [0.1, 0.15) is 0 Å². The number of carbonyl (C=O) groups excluding carboxylic acids is 1. The zero-order valence-electron chi connectivity index (χ0n) is 10.7. The van der Waals surface area contributed by atoms with Gasteiger partial charge in [0.25, 0.3) is 0 Å². The van der Waals surface area contributed by atoms with Crippen LogP contribution in [-0.4, -0.2) is 66.3 Å². The molecule has 0 aliphatic carbocycles. The average molecular weight is 256 g/mol. The third-order valence-electron chi connectivity index (χ3n) is 2.89. The number of carbonyl (C=O) groups is 2. The van der Waals surface area contributed by atoms with Crippen LogP contribution >= 0.6 is 0 Å². The molecule has 1 aliphatic heterocycles. The molecule has 0 aromatic rings. The van der Waals surface area contributed by atoms with E-state index in [0.717, 1.165) is 12.8 Å². The SMILES string of the molecule is C=CCCCN(C)C(=O)N1CCOCC1C(=O)O. The van der Waals surface area contributed by atoms with Gasteiger partial charge in [-0.2, -0.15) is 0 Å². The molecule has 0 aromatic heterocycles. The van der Waals surface area contributed by atoms with Crippen LogP contribution in [0.15, 0.2) is 12.7 Å². The molecule has 2 amide bonds. The minimum Gasteiger partial charge on any atom is -0.480 e. The van der Waals surface area contributed by atoms with Gasteiger partial charge in [0.15, 0.2) is 6.04 Å². The molecular weight excluding hydrogens is 236 g/mol. The molecule has 1 saturated heterocycles. The van der Waals surface area contributed by atoms with E-state index in [1.165, 1.54) is 4.90 Å². The zero-order valence-corrected chi connectivity index (χ0v) is 10.7. The van der Waals surface area contributed by atoms with Crippen LogP contribution in [0.25, 0.3) is 0 Å². The summed E-state index contributed by atoms with van der Waals surface area (Å²) in [7, 11) is 1.68. The van der Waals surface area contributed by atoms with E-state index in [1.807, 2.05) is 0 Å². The summed E-state index contributed by atoms with van der Waals surface area (Å²) in [5, 5.41) is 9.05. The summed E-state index contributed by atoms with van der Waals surface area (Å²) in [4.78, 5) is 26.1. The Bertz CT molecular complexity index is 319. The standard InChI is InChI=1S/C12H20N2O4/c1-3-4-5-6-13(2)12(17)14-7-8-18-9-10(14)11(15)16/h3,10H,1,4-9H2,2H3,(H,15,16). The van der Waals surface area contributed by atoms with Gasteiger partial charge < -0.3 is 19.6 Å². The van der Waals surface area contributed by atoms with Gasteiger partial charge in [-0.3, -0.25) is 0 Å². The van der Waals surface area contributed by atoms with Gasteiger partial charge in [-0.15, -0.1) is 6.58 Å². The van der Waals surface area contributed by atoms with Gasteiger partial charge in [-0.05, 0) is 12.8 Å². The van der Waals surface area contributed by atoms with Gasteiger partial charge in [0.05, 0.1) is 13.2 Å². The summed E-state index contributed by atoms with van der Waals surface area (Å²) in [6.45, 7) is 4.97. The van der Waals surface area contributed by atoms with E-state index >= 15 is 0 Å². The molecule has 1 fully saturated rings. The van der Waals surface area contributed by atoms with Crippen LogP contribution in [-0.2, 0) is 9.53 Å². The Balaban J connectivity index is 2.56. The van der Waals surface area contributed by atoms with Crippen LogP contribution < -0.4 is 0 Å². The fourth-order valence-electron chi connectivity index (χ4n) is 1.82. The largest absolute Gasteiger partial charge is 0.480 e. The Labute approximate surface area is 107 Å². The van der Waals surface area contributed by atoms with Crippen molar-refractivity contribution >= 4 is 12.0 Å². The third-order valence-corrected chi connectivity index (χ3v) is 2.89. The molecular formula is C12H20N2O4. The van der Waals surface area contributed by atoms with E-state index < -0.39 is 12.0 Å². The molecule has 0 radical (unpaired) electrons. The van der Waals surface area contributed by atoms with E-state index in [9.17, 15) is 9.59 Å². The van der Waals surface area contributed by atoms with Gasteiger partial charge in [0, 0.05) is 20.1 Å². The highest BCUT2D eigenvalue weighted by atomic mass is 16.5. The summed E-state index contributed by atoms with van der Waals surface area (Å²) >= 11 is 0. The van der Waals surface area contributed by atoms with E-state index in [4.69, 9.17) is 9.84 Å². The van der Waals surface area contributed by atoms with Crippen LogP contribution in [0.5, 0.6) is 0 Å². The Morgan fingerprint density at radius 3 is 2.94 bits per heavy atom. The average Bonchev–Trinajstić information content (AvgIpc) is 2.38. The lowest BCUT2D eigenvalue weighted by Crippen LogP contribution is -2.56. The van der Waals surface area contributed by atoms with Gasteiger partial charge in [0.2, 0.25) is 0 Å². The predicted octanol–water partition coefficient (Wildman–Crippen LogP) is 0.790. The number of rotatable bonds is 5. The smallest absolute Gasteiger partial charge is 0.328 e. The van der Waals surface area contributed by atoms with Crippen molar-refractivity contribution in [1.82, 2.24) is 9.80 Å². The van der Waals surface area contributed by atoms with Crippen LogP contribution in [0.2, 0.25) is 0 Å². The minimum absolute atomic E-state index is 0.0571. The lowest BCUT2D eigenvalue weighted by Gasteiger charge is -2.35. The van der Waals surface area contributed by atoms with Crippen molar-refractivity contribution in [2.45, 2.75) is 18.9 Å². The first kappa shape index (κ1) is 14.5. The number of unbranched alkanes of at least 4 members (excludes halogenated alkanes) is 1. The number of carboxylic acid groups (broad SMARTS) is 1. The van der Waals surface area contributed by atoms with Crippen LogP contribution in [0, 0.1) is 0 Å². The highest BCUT2D eigenvalue weighted by Gasteiger charge is 2.33. The molecule has 1 unspecified atom stereocenters. The molecule has 1 heterocycles. The molecule has 1 aliphatic rings. The van der Waals surface area contributed by atoms with Crippen LogP contribution in [0.1, 0.15) is 12.8 Å². The summed E-state index contributed by atoms with van der Waals surface area (Å²) in [6.07, 6.45) is 3.46. The molecule has 1 atom stereocenters. The van der Waals surface area contributed by atoms with Gasteiger partial charge in [-0.25, -0.2) is 9.59 Å². The number of morpholine rings is 1. The van der Waals surface area contributed by atoms with Gasteiger partial charge >= 0.3 is 12.0 Å². The molecule has 1 N–H and O–H groups in total. The van der Waals surface area contributed by atoms with Gasteiger partial charge in [-0.1, -0.05) is 6.08 Å². The maximum Gasteiger partial charge on any atom is 0.328 e. The second-order valence-corrected chi connectivity index (χ2v) is 4.26. The summed E-state index contributed by atoms with van der Waals surface area (Å²) in [6, 6.07) is -1.14. The molecule has 6 heteroatoms. The Morgan fingerprint density at radius 1 is 1.61 bits per heavy atom. The van der Waals surface area contributed by atoms with Crippen molar-refractivity contribution in [2.24, 2.45) is 0 Å². The number of urea groups is 1. The first-order chi connectivity index (χ1) is 8.57. The molecule has 102 valence electrons. The molecule has 0 spiro atoms. The first-order valence-corrected chi connectivity index (χ1v) is 6.01. The lowest BCUT2D eigenvalue weighted by molar-refractivity contribution is -0.147. The first-order valence-electron chi connectivity index (χ1n) is 6.01. The topological polar surface area (TPSA) is 70.1 Å². The highest BCUT2D eigenvalue weighted by molar-refractivity contribution is 5.82. The predicted molar refractivity (Wildman–Crippen MR) is 66.4 cm³/mol. The van der Waals surface area contributed by atoms with Crippen molar-refractivity contribution in [1.29, 1.82) is 0 Å². The van der Waals surface area contributed by atoms with Crippen LogP contribution in [0.3, 0.4) is 0 Å². The number of hydrogen-bond donors (Lipinski definition) is 1. The molecule has 0 aromatic carbocycles. The maximum absolute atomic E-state index is 12.1. The molecule has 0 saturated carbocycles. The maximum atomic E-state index is 12.1. The Kier molecular flexibility index (Phi) is 5.64. The Morgan fingerprint density at radius 2 is 2.33 bits per heavy atom. The highest BCUT2D eigenvalue weighted by Crippen LogP contribution is 2.10. The van der Waals surface area contributed by atoms with Crippen molar-refractivity contribution in [3.8, 4) is 0 Å². The second-order valence-electron chi connectivity index (χ2n) is 4.26. The zero-order chi connectivity index (χ0) is 13.5. The molecule has 0 bridgehead atoms. The summed E-state index contributed by atoms with van der Waals surface area (Å²) in [5.74, 6) is -1.03. The third kappa shape index (κ3) is 3.73. The molecule has 18 heavy (non-hydrogen) atoms. The number of nitrogens with zero attached hydrogens (tertiary/aromatic N) is 2. The molecule has 1 rings (SSSR count). The number of amides is 2. The normalized spacial score (nSPS) is 19.4. The quantitative estimate of drug-likeness (QED) is 0.583. The number of hydrogen-bond acceptors (Lipinski definition) is 3. The van der Waals surface area contributed by atoms with Crippen LogP contribution in [0.4, 0.5) is 4.79 Å². The van der Waals surface area contributed by atoms with Crippen molar-refractivity contribution in [3.63, 3.8) is 0 Å². The number of allylic oxidation sites excluding steroid dienone is 1. The summed E-state index contributed by atoms with van der Waals surface area (Å²) in [5.41, 5.74) is 0. The van der Waals surface area contributed by atoms with Crippen molar-refractivity contribution < 1.29 is 19.4 Å². The fraction of sp³-hybridized carbons (Fsp3) is 0.667. The van der Waals surface area contributed by atoms with E-state index in [2.05, 4.69) is 6.58 Å². The van der Waals surface area contributed by atoms with Crippen molar-refractivity contribution in [3.05, 3.63) is 12.7 Å². The lowest BCUT2D eigenvalue weighted by atomic mass is 10.2. The number of aliphatic carboxylic acids is 1. The van der Waals surface area contributed by atoms with E-state index in [-0.39, 0.29) is 12.6 Å². The monoisotopic (exact) mass is 256 g/mol. The second kappa shape index (κ2) is 7.00. The number of carboxylic acids is 1.